The lowest BCUT2D eigenvalue weighted by molar-refractivity contribution is -0.390. The molecule has 0 N–H and O–H groups in total. The van der Waals surface area contributed by atoms with Gasteiger partial charge in [-0.05, 0) is 52.5 Å². The minimum atomic E-state index is -0.452. The molecule has 0 amide bonds. The van der Waals surface area contributed by atoms with Gasteiger partial charge in [0.15, 0.2) is 0 Å². The van der Waals surface area contributed by atoms with E-state index in [0.717, 1.165) is 18.8 Å². The van der Waals surface area contributed by atoms with Gasteiger partial charge in [0.05, 0.1) is 17.3 Å². The van der Waals surface area contributed by atoms with E-state index in [9.17, 15) is 10.1 Å². The molecule has 6 heteroatoms. The van der Waals surface area contributed by atoms with E-state index in [4.69, 9.17) is 0 Å². The summed E-state index contributed by atoms with van der Waals surface area (Å²) in [7, 11) is 0. The molecular weight excluding hydrogens is 274 g/mol. The van der Waals surface area contributed by atoms with Crippen molar-refractivity contribution in [1.82, 2.24) is 9.78 Å². The van der Waals surface area contributed by atoms with Gasteiger partial charge in [0.1, 0.15) is 4.47 Å². The Morgan fingerprint density at radius 2 is 2.12 bits per heavy atom. The number of nitro groups is 1. The van der Waals surface area contributed by atoms with Gasteiger partial charge in [0.2, 0.25) is 0 Å². The maximum atomic E-state index is 10.7. The fraction of sp³-hybridized carbons (Fsp3) is 0.700. The molecule has 0 spiro atoms. The maximum Gasteiger partial charge on any atom is 0.404 e. The monoisotopic (exact) mass is 287 g/mol. The van der Waals surface area contributed by atoms with E-state index in [2.05, 4.69) is 28.0 Å². The van der Waals surface area contributed by atoms with E-state index in [-0.39, 0.29) is 5.82 Å². The molecule has 0 unspecified atom stereocenters. The molecule has 1 saturated carbocycles. The highest BCUT2D eigenvalue weighted by atomic mass is 79.9. The van der Waals surface area contributed by atoms with Gasteiger partial charge in [-0.15, -0.1) is 0 Å². The highest BCUT2D eigenvalue weighted by molar-refractivity contribution is 9.10. The molecule has 0 bridgehead atoms. The molecule has 16 heavy (non-hydrogen) atoms. The van der Waals surface area contributed by atoms with Gasteiger partial charge >= 0.3 is 5.82 Å². The first-order valence-electron chi connectivity index (χ1n) is 5.47. The molecule has 88 valence electrons. The highest BCUT2D eigenvalue weighted by Gasteiger charge is 2.26. The number of aromatic nitrogens is 2. The van der Waals surface area contributed by atoms with Crippen LogP contribution >= 0.6 is 15.9 Å². The van der Waals surface area contributed by atoms with Crippen LogP contribution in [0.2, 0.25) is 0 Å². The molecule has 1 aliphatic rings. The molecule has 0 aromatic carbocycles. The van der Waals surface area contributed by atoms with E-state index in [1.165, 1.54) is 12.8 Å². The second-order valence-corrected chi connectivity index (χ2v) is 5.31. The smallest absolute Gasteiger partial charge is 0.358 e. The average molecular weight is 288 g/mol. The van der Waals surface area contributed by atoms with Crippen LogP contribution in [0.4, 0.5) is 5.82 Å². The summed E-state index contributed by atoms with van der Waals surface area (Å²) < 4.78 is 2.21. The zero-order chi connectivity index (χ0) is 11.7. The van der Waals surface area contributed by atoms with Gasteiger partial charge < -0.3 is 10.1 Å². The number of hydrogen-bond acceptors (Lipinski definition) is 3. The first-order valence-corrected chi connectivity index (χ1v) is 6.26. The van der Waals surface area contributed by atoms with E-state index in [0.29, 0.717) is 10.5 Å². The molecule has 5 nitrogen and oxygen atoms in total. The summed E-state index contributed by atoms with van der Waals surface area (Å²) in [5.41, 5.74) is 0. The van der Waals surface area contributed by atoms with Gasteiger partial charge in [-0.1, -0.05) is 6.92 Å². The summed E-state index contributed by atoms with van der Waals surface area (Å²) in [5.74, 6) is 0.684. The maximum absolute atomic E-state index is 10.7. The molecule has 0 saturated heterocycles. The Hall–Kier alpha value is -0.910. The number of rotatable bonds is 2. The van der Waals surface area contributed by atoms with Gasteiger partial charge in [-0.2, -0.15) is 4.68 Å². The highest BCUT2D eigenvalue weighted by Crippen LogP contribution is 2.33. The van der Waals surface area contributed by atoms with E-state index >= 15 is 0 Å². The molecule has 0 atom stereocenters. The number of halogens is 1. The Morgan fingerprint density at radius 1 is 1.50 bits per heavy atom. The van der Waals surface area contributed by atoms with Crippen LogP contribution in [-0.4, -0.2) is 14.7 Å². The van der Waals surface area contributed by atoms with E-state index in [1.807, 2.05) is 0 Å². The molecule has 1 aromatic heterocycles. The van der Waals surface area contributed by atoms with Crippen LogP contribution in [0, 0.1) is 16.0 Å². The van der Waals surface area contributed by atoms with Crippen LogP contribution in [-0.2, 0) is 0 Å². The first kappa shape index (κ1) is 11.6. The Labute approximate surface area is 102 Å². The molecule has 1 aliphatic carbocycles. The van der Waals surface area contributed by atoms with Crippen molar-refractivity contribution in [3.8, 4) is 0 Å². The van der Waals surface area contributed by atoms with Gasteiger partial charge in [-0.3, -0.25) is 0 Å². The lowest BCUT2D eigenvalue weighted by atomic mass is 9.87. The molecule has 1 heterocycles. The number of nitrogens with zero attached hydrogens (tertiary/aromatic N) is 3. The fourth-order valence-corrected chi connectivity index (χ4v) is 2.61. The SMILES string of the molecule is CC1CCC(n2cc(Br)c([N+](=O)[O-])n2)CC1. The average Bonchev–Trinajstić information content (AvgIpc) is 2.61. The Kier molecular flexibility index (Phi) is 3.28. The second-order valence-electron chi connectivity index (χ2n) is 4.45. The lowest BCUT2D eigenvalue weighted by Crippen LogP contribution is -2.17. The van der Waals surface area contributed by atoms with Crippen LogP contribution in [0.15, 0.2) is 10.7 Å². The van der Waals surface area contributed by atoms with E-state index < -0.39 is 4.92 Å². The summed E-state index contributed by atoms with van der Waals surface area (Å²) in [6.45, 7) is 2.25. The molecule has 2 rings (SSSR count). The molecule has 1 aromatic rings. The molecule has 1 fully saturated rings. The summed E-state index contributed by atoms with van der Waals surface area (Å²) in [4.78, 5) is 10.2. The zero-order valence-corrected chi connectivity index (χ0v) is 10.7. The molecular formula is C10H14BrN3O2. The quantitative estimate of drug-likeness (QED) is 0.619. The van der Waals surface area contributed by atoms with Crippen LogP contribution in [0.25, 0.3) is 0 Å². The minimum Gasteiger partial charge on any atom is -0.358 e. The van der Waals surface area contributed by atoms with Crippen molar-refractivity contribution in [3.05, 3.63) is 20.8 Å². The predicted octanol–water partition coefficient (Wildman–Crippen LogP) is 3.31. The second kappa shape index (κ2) is 4.53. The third kappa shape index (κ3) is 2.26. The van der Waals surface area contributed by atoms with Gasteiger partial charge in [-0.25, -0.2) is 0 Å². The van der Waals surface area contributed by atoms with Crippen LogP contribution in [0.5, 0.6) is 0 Å². The van der Waals surface area contributed by atoms with Crippen molar-refractivity contribution in [2.45, 2.75) is 38.6 Å². The predicted molar refractivity (Wildman–Crippen MR) is 63.3 cm³/mol. The Balaban J connectivity index is 2.15. The Morgan fingerprint density at radius 3 is 2.62 bits per heavy atom. The standard InChI is InChI=1S/C10H14BrN3O2/c1-7-2-4-8(5-3-7)13-6-9(11)10(12-13)14(15)16/h6-8H,2-5H2,1H3. The van der Waals surface area contributed by atoms with Gasteiger partial charge in [0, 0.05) is 0 Å². The van der Waals surface area contributed by atoms with Crippen molar-refractivity contribution in [1.29, 1.82) is 0 Å². The van der Waals surface area contributed by atoms with Crippen molar-refractivity contribution in [2.75, 3.05) is 0 Å². The van der Waals surface area contributed by atoms with E-state index in [1.54, 1.807) is 10.9 Å². The van der Waals surface area contributed by atoms with Crippen LogP contribution in [0.1, 0.15) is 38.6 Å². The largest absolute Gasteiger partial charge is 0.404 e. The number of hydrogen-bond donors (Lipinski definition) is 0. The van der Waals surface area contributed by atoms with Crippen molar-refractivity contribution in [2.24, 2.45) is 5.92 Å². The normalized spacial score (nSPS) is 25.6. The third-order valence-corrected chi connectivity index (χ3v) is 3.76. The summed E-state index contributed by atoms with van der Waals surface area (Å²) in [6, 6.07) is 0.321. The third-order valence-electron chi connectivity index (χ3n) is 3.20. The minimum absolute atomic E-state index is 0.0846. The van der Waals surface area contributed by atoms with Crippen LogP contribution in [0.3, 0.4) is 0 Å². The van der Waals surface area contributed by atoms with Crippen molar-refractivity contribution in [3.63, 3.8) is 0 Å². The lowest BCUT2D eigenvalue weighted by Gasteiger charge is -2.24. The fourth-order valence-electron chi connectivity index (χ4n) is 2.18. The zero-order valence-electron chi connectivity index (χ0n) is 9.10. The summed E-state index contributed by atoms with van der Waals surface area (Å²) >= 11 is 3.17. The van der Waals surface area contributed by atoms with Crippen molar-refractivity contribution >= 4 is 21.7 Å². The Bertz CT molecular complexity index is 397. The molecule has 0 aliphatic heterocycles. The van der Waals surface area contributed by atoms with Gasteiger partial charge in [0.25, 0.3) is 0 Å². The van der Waals surface area contributed by atoms with Crippen molar-refractivity contribution < 1.29 is 4.92 Å². The molecule has 0 radical (unpaired) electrons. The summed E-state index contributed by atoms with van der Waals surface area (Å²) in [5, 5.41) is 14.7. The topological polar surface area (TPSA) is 61.0 Å². The first-order chi connectivity index (χ1) is 7.58. The van der Waals surface area contributed by atoms with Crippen LogP contribution < -0.4 is 0 Å². The summed E-state index contributed by atoms with van der Waals surface area (Å²) in [6.07, 6.45) is 6.20.